The molecule has 1 aliphatic rings. The van der Waals surface area contributed by atoms with Gasteiger partial charge in [-0.2, -0.15) is 0 Å². The van der Waals surface area contributed by atoms with E-state index >= 15 is 0 Å². The van der Waals surface area contributed by atoms with Crippen LogP contribution in [0.1, 0.15) is 28.8 Å². The number of benzene rings is 2. The van der Waals surface area contributed by atoms with E-state index in [1.807, 2.05) is 54.6 Å². The maximum atomic E-state index is 12.6. The average molecular weight is 324 g/mol. The average Bonchev–Trinajstić information content (AvgIpc) is 2.63. The topological polar surface area (TPSA) is 41.6 Å². The number of hydrogen-bond donors (Lipinski definition) is 1. The van der Waals surface area contributed by atoms with Crippen molar-refractivity contribution in [3.8, 4) is 5.75 Å². The van der Waals surface area contributed by atoms with Gasteiger partial charge in [0.05, 0.1) is 5.56 Å². The number of ether oxygens (including phenoxy) is 1. The zero-order valence-corrected chi connectivity index (χ0v) is 14.1. The summed E-state index contributed by atoms with van der Waals surface area (Å²) in [6.07, 6.45) is 1.99. The summed E-state index contributed by atoms with van der Waals surface area (Å²) in [6.45, 7) is 2.51. The van der Waals surface area contributed by atoms with Crippen molar-refractivity contribution in [3.05, 3.63) is 65.7 Å². The SMILES string of the molecule is CN1CCC(NC(=O)c2ccccc2OCc2ccccc2)CC1. The van der Waals surface area contributed by atoms with Crippen LogP contribution in [-0.2, 0) is 6.61 Å². The highest BCUT2D eigenvalue weighted by Crippen LogP contribution is 2.20. The van der Waals surface area contributed by atoms with Crippen LogP contribution < -0.4 is 10.1 Å². The van der Waals surface area contributed by atoms with Gasteiger partial charge >= 0.3 is 0 Å². The standard InChI is InChI=1S/C20H24N2O2/c1-22-13-11-17(12-14-22)21-20(23)18-9-5-6-10-19(18)24-15-16-7-3-2-4-8-16/h2-10,17H,11-15H2,1H3,(H,21,23). The molecule has 3 rings (SSSR count). The molecule has 2 aromatic carbocycles. The Morgan fingerprint density at radius 2 is 1.75 bits per heavy atom. The van der Waals surface area contributed by atoms with Crippen molar-refractivity contribution in [1.29, 1.82) is 0 Å². The molecular weight excluding hydrogens is 300 g/mol. The van der Waals surface area contributed by atoms with Crippen molar-refractivity contribution in [2.24, 2.45) is 0 Å². The third-order valence-corrected chi connectivity index (χ3v) is 4.42. The summed E-state index contributed by atoms with van der Waals surface area (Å²) in [6, 6.07) is 17.7. The minimum absolute atomic E-state index is 0.0479. The summed E-state index contributed by atoms with van der Waals surface area (Å²) in [5.41, 5.74) is 1.69. The van der Waals surface area contributed by atoms with Crippen molar-refractivity contribution in [2.45, 2.75) is 25.5 Å². The number of carbonyl (C=O) groups excluding carboxylic acids is 1. The summed E-state index contributed by atoms with van der Waals surface area (Å²) < 4.78 is 5.88. The molecule has 1 aliphatic heterocycles. The Kier molecular flexibility index (Phi) is 5.49. The second-order valence-corrected chi connectivity index (χ2v) is 6.32. The number of piperidine rings is 1. The number of rotatable bonds is 5. The number of amides is 1. The molecule has 0 spiro atoms. The molecule has 0 unspecified atom stereocenters. The molecule has 1 saturated heterocycles. The van der Waals surface area contributed by atoms with Crippen molar-refractivity contribution in [1.82, 2.24) is 10.2 Å². The van der Waals surface area contributed by atoms with E-state index in [9.17, 15) is 4.79 Å². The first-order valence-electron chi connectivity index (χ1n) is 8.47. The fourth-order valence-electron chi connectivity index (χ4n) is 2.93. The molecule has 0 aromatic heterocycles. The lowest BCUT2D eigenvalue weighted by Crippen LogP contribution is -2.43. The molecule has 0 bridgehead atoms. The van der Waals surface area contributed by atoms with Crippen LogP contribution in [0, 0.1) is 0 Å². The van der Waals surface area contributed by atoms with E-state index in [2.05, 4.69) is 17.3 Å². The summed E-state index contributed by atoms with van der Waals surface area (Å²) in [5, 5.41) is 3.15. The van der Waals surface area contributed by atoms with Gasteiger partial charge in [0.2, 0.25) is 0 Å². The number of nitrogens with zero attached hydrogens (tertiary/aromatic N) is 1. The lowest BCUT2D eigenvalue weighted by Gasteiger charge is -2.29. The first-order chi connectivity index (χ1) is 11.7. The second kappa shape index (κ2) is 7.97. The van der Waals surface area contributed by atoms with Crippen LogP contribution in [0.15, 0.2) is 54.6 Å². The van der Waals surface area contributed by atoms with Gasteiger partial charge in [-0.25, -0.2) is 0 Å². The van der Waals surface area contributed by atoms with Crippen LogP contribution in [0.4, 0.5) is 0 Å². The Bertz CT molecular complexity index is 664. The van der Waals surface area contributed by atoms with Crippen molar-refractivity contribution in [2.75, 3.05) is 20.1 Å². The number of para-hydroxylation sites is 1. The fraction of sp³-hybridized carbons (Fsp3) is 0.350. The highest BCUT2D eigenvalue weighted by molar-refractivity contribution is 5.97. The van der Waals surface area contributed by atoms with Crippen LogP contribution in [0.25, 0.3) is 0 Å². The zero-order chi connectivity index (χ0) is 16.8. The molecule has 4 heteroatoms. The quantitative estimate of drug-likeness (QED) is 0.919. The number of nitrogens with one attached hydrogen (secondary N) is 1. The molecule has 4 nitrogen and oxygen atoms in total. The first kappa shape index (κ1) is 16.5. The monoisotopic (exact) mass is 324 g/mol. The van der Waals surface area contributed by atoms with Gasteiger partial charge in [-0.1, -0.05) is 42.5 Å². The van der Waals surface area contributed by atoms with Gasteiger partial charge in [0.25, 0.3) is 5.91 Å². The lowest BCUT2D eigenvalue weighted by molar-refractivity contribution is 0.0912. The molecule has 1 N–H and O–H groups in total. The number of likely N-dealkylation sites (tertiary alicyclic amines) is 1. The van der Waals surface area contributed by atoms with Gasteiger partial charge in [-0.15, -0.1) is 0 Å². The maximum Gasteiger partial charge on any atom is 0.255 e. The maximum absolute atomic E-state index is 12.6. The van der Waals surface area contributed by atoms with Gasteiger partial charge < -0.3 is 15.0 Å². The van der Waals surface area contributed by atoms with Crippen LogP contribution in [0.5, 0.6) is 5.75 Å². The first-order valence-corrected chi connectivity index (χ1v) is 8.47. The molecule has 1 heterocycles. The molecular formula is C20H24N2O2. The smallest absolute Gasteiger partial charge is 0.255 e. The van der Waals surface area contributed by atoms with E-state index in [4.69, 9.17) is 4.74 Å². The molecule has 1 fully saturated rings. The largest absolute Gasteiger partial charge is 0.488 e. The van der Waals surface area contributed by atoms with Gasteiger partial charge in [-0.3, -0.25) is 4.79 Å². The third-order valence-electron chi connectivity index (χ3n) is 4.42. The number of hydrogen-bond acceptors (Lipinski definition) is 3. The van der Waals surface area contributed by atoms with Crippen LogP contribution in [0.3, 0.4) is 0 Å². The molecule has 0 saturated carbocycles. The van der Waals surface area contributed by atoms with Gasteiger partial charge in [0.15, 0.2) is 0 Å². The Balaban J connectivity index is 1.63. The summed E-state index contributed by atoms with van der Waals surface area (Å²) in [5.74, 6) is 0.583. The van der Waals surface area contributed by atoms with Gasteiger partial charge in [-0.05, 0) is 50.7 Å². The molecule has 126 valence electrons. The van der Waals surface area contributed by atoms with E-state index in [1.54, 1.807) is 0 Å². The van der Waals surface area contributed by atoms with Crippen LogP contribution >= 0.6 is 0 Å². The molecule has 2 aromatic rings. The Labute approximate surface area is 143 Å². The van der Waals surface area contributed by atoms with Crippen molar-refractivity contribution < 1.29 is 9.53 Å². The van der Waals surface area contributed by atoms with E-state index in [1.165, 1.54) is 0 Å². The van der Waals surface area contributed by atoms with Crippen molar-refractivity contribution >= 4 is 5.91 Å². The highest BCUT2D eigenvalue weighted by Gasteiger charge is 2.20. The Morgan fingerprint density at radius 3 is 2.50 bits per heavy atom. The minimum atomic E-state index is -0.0479. The molecule has 0 radical (unpaired) electrons. The van der Waals surface area contributed by atoms with E-state index < -0.39 is 0 Å². The predicted octanol–water partition coefficient (Wildman–Crippen LogP) is 3.09. The molecule has 24 heavy (non-hydrogen) atoms. The van der Waals surface area contributed by atoms with E-state index in [0.717, 1.165) is 31.5 Å². The summed E-state index contributed by atoms with van der Waals surface area (Å²) in [4.78, 5) is 14.9. The van der Waals surface area contributed by atoms with Crippen LogP contribution in [0.2, 0.25) is 0 Å². The molecule has 1 amide bonds. The van der Waals surface area contributed by atoms with Gasteiger partial charge in [0, 0.05) is 6.04 Å². The Morgan fingerprint density at radius 1 is 1.08 bits per heavy atom. The molecule has 0 atom stereocenters. The van der Waals surface area contributed by atoms with E-state index in [0.29, 0.717) is 17.9 Å². The van der Waals surface area contributed by atoms with Crippen LogP contribution in [-0.4, -0.2) is 37.0 Å². The summed E-state index contributed by atoms with van der Waals surface area (Å²) in [7, 11) is 2.12. The normalized spacial score (nSPS) is 15.9. The van der Waals surface area contributed by atoms with Crippen molar-refractivity contribution in [3.63, 3.8) is 0 Å². The zero-order valence-electron chi connectivity index (χ0n) is 14.1. The second-order valence-electron chi connectivity index (χ2n) is 6.32. The summed E-state index contributed by atoms with van der Waals surface area (Å²) >= 11 is 0. The number of carbonyl (C=O) groups is 1. The van der Waals surface area contributed by atoms with E-state index in [-0.39, 0.29) is 11.9 Å². The Hall–Kier alpha value is -2.33. The molecule has 0 aliphatic carbocycles. The van der Waals surface area contributed by atoms with Gasteiger partial charge in [0.1, 0.15) is 12.4 Å². The fourth-order valence-corrected chi connectivity index (χ4v) is 2.93. The predicted molar refractivity (Wildman–Crippen MR) is 95.2 cm³/mol. The highest BCUT2D eigenvalue weighted by atomic mass is 16.5. The lowest BCUT2D eigenvalue weighted by atomic mass is 10.0. The minimum Gasteiger partial charge on any atom is -0.488 e. The third kappa shape index (κ3) is 4.36.